The van der Waals surface area contributed by atoms with Crippen LogP contribution < -0.4 is 5.32 Å². The summed E-state index contributed by atoms with van der Waals surface area (Å²) < 4.78 is 0. The predicted octanol–water partition coefficient (Wildman–Crippen LogP) is 5.40. The lowest BCUT2D eigenvalue weighted by Crippen LogP contribution is -2.51. The number of benzene rings is 3. The number of hydrogen-bond donors (Lipinski definition) is 1. The second kappa shape index (κ2) is 12.7. The molecule has 0 radical (unpaired) electrons. The lowest BCUT2D eigenvalue weighted by atomic mass is 10.0. The Morgan fingerprint density at radius 3 is 2.21 bits per heavy atom. The Morgan fingerprint density at radius 2 is 1.53 bits per heavy atom. The zero-order valence-electron chi connectivity index (χ0n) is 20.6. The highest BCUT2D eigenvalue weighted by molar-refractivity contribution is 5.88. The average molecular weight is 457 g/mol. The minimum Gasteiger partial charge on any atom is -0.354 e. The van der Waals surface area contributed by atoms with E-state index in [0.29, 0.717) is 19.5 Å². The van der Waals surface area contributed by atoms with Gasteiger partial charge in [0.25, 0.3) is 0 Å². The summed E-state index contributed by atoms with van der Waals surface area (Å²) in [6.07, 6.45) is 2.66. The largest absolute Gasteiger partial charge is 0.354 e. The maximum absolute atomic E-state index is 13.7. The first-order chi connectivity index (χ1) is 16.5. The molecule has 3 aromatic rings. The highest BCUT2D eigenvalue weighted by Gasteiger charge is 2.30. The summed E-state index contributed by atoms with van der Waals surface area (Å²) >= 11 is 0. The van der Waals surface area contributed by atoms with Gasteiger partial charge in [-0.1, -0.05) is 103 Å². The summed E-state index contributed by atoms with van der Waals surface area (Å²) in [5.41, 5.74) is 5.30. The summed E-state index contributed by atoms with van der Waals surface area (Å²) in [6.45, 7) is 7.18. The number of nitrogens with one attached hydrogen (secondary N) is 1. The molecule has 0 fully saturated rings. The van der Waals surface area contributed by atoms with E-state index in [9.17, 15) is 9.59 Å². The Hall–Kier alpha value is -3.40. The van der Waals surface area contributed by atoms with E-state index in [0.717, 1.165) is 35.1 Å². The molecular weight excluding hydrogens is 420 g/mol. The molecule has 0 aliphatic rings. The number of aryl methyl sites for hydroxylation is 2. The van der Waals surface area contributed by atoms with Gasteiger partial charge in [0.2, 0.25) is 11.8 Å². The zero-order chi connectivity index (χ0) is 24.3. The molecule has 2 amide bonds. The Morgan fingerprint density at radius 1 is 0.824 bits per heavy atom. The summed E-state index contributed by atoms with van der Waals surface area (Å²) in [6, 6.07) is 25.5. The van der Waals surface area contributed by atoms with Crippen LogP contribution in [0.5, 0.6) is 0 Å². The van der Waals surface area contributed by atoms with Gasteiger partial charge < -0.3 is 10.2 Å². The molecule has 3 aromatic carbocycles. The highest BCUT2D eigenvalue weighted by Crippen LogP contribution is 2.17. The van der Waals surface area contributed by atoms with Crippen LogP contribution in [0.3, 0.4) is 0 Å². The lowest BCUT2D eigenvalue weighted by Gasteiger charge is -2.32. The molecular formula is C30H36N2O2. The Bertz CT molecular complexity index is 1060. The fourth-order valence-electron chi connectivity index (χ4n) is 4.05. The van der Waals surface area contributed by atoms with Gasteiger partial charge in [0, 0.05) is 19.5 Å². The van der Waals surface area contributed by atoms with Gasteiger partial charge in [0.15, 0.2) is 0 Å². The van der Waals surface area contributed by atoms with Crippen molar-refractivity contribution >= 4 is 11.8 Å². The number of unbranched alkanes of at least 4 members (excludes halogenated alkanes) is 1. The summed E-state index contributed by atoms with van der Waals surface area (Å²) in [7, 11) is 0. The van der Waals surface area contributed by atoms with Crippen molar-refractivity contribution in [1.82, 2.24) is 10.2 Å². The summed E-state index contributed by atoms with van der Waals surface area (Å²) in [5.74, 6) is -0.139. The molecule has 178 valence electrons. The van der Waals surface area contributed by atoms with Crippen LogP contribution in [0.1, 0.15) is 47.6 Å². The first-order valence-electron chi connectivity index (χ1n) is 12.2. The molecule has 0 unspecified atom stereocenters. The van der Waals surface area contributed by atoms with E-state index in [1.54, 1.807) is 4.90 Å². The molecule has 34 heavy (non-hydrogen) atoms. The second-order valence-corrected chi connectivity index (χ2v) is 9.02. The van der Waals surface area contributed by atoms with E-state index >= 15 is 0 Å². The van der Waals surface area contributed by atoms with Crippen molar-refractivity contribution in [2.45, 2.75) is 59.0 Å². The van der Waals surface area contributed by atoms with Gasteiger partial charge in [0.1, 0.15) is 6.04 Å². The van der Waals surface area contributed by atoms with Gasteiger partial charge in [-0.3, -0.25) is 9.59 Å². The van der Waals surface area contributed by atoms with Gasteiger partial charge in [0.05, 0.1) is 6.42 Å². The quantitative estimate of drug-likeness (QED) is 0.393. The molecule has 0 bridgehead atoms. The summed E-state index contributed by atoms with van der Waals surface area (Å²) in [5, 5.41) is 3.07. The Kier molecular flexibility index (Phi) is 9.45. The normalized spacial score (nSPS) is 11.6. The predicted molar refractivity (Wildman–Crippen MR) is 138 cm³/mol. The van der Waals surface area contributed by atoms with E-state index in [1.165, 1.54) is 5.56 Å². The topological polar surface area (TPSA) is 49.4 Å². The first-order valence-corrected chi connectivity index (χ1v) is 12.2. The SMILES string of the molecule is CCCCNC(=O)[C@@H](Cc1ccccc1)N(Cc1ccc(C)cc1)C(=O)Cc1cccc(C)c1. The number of rotatable bonds is 11. The van der Waals surface area contributed by atoms with Crippen LogP contribution in [0, 0.1) is 13.8 Å². The van der Waals surface area contributed by atoms with Gasteiger partial charge in [-0.2, -0.15) is 0 Å². The van der Waals surface area contributed by atoms with Crippen LogP contribution in [0.15, 0.2) is 78.9 Å². The molecule has 0 spiro atoms. The Labute approximate surface area is 204 Å². The maximum atomic E-state index is 13.7. The molecule has 0 aliphatic carbocycles. The van der Waals surface area contributed by atoms with Gasteiger partial charge in [-0.05, 0) is 37.0 Å². The molecule has 0 aromatic heterocycles. The van der Waals surface area contributed by atoms with Gasteiger partial charge in [-0.15, -0.1) is 0 Å². The van der Waals surface area contributed by atoms with Crippen LogP contribution in [-0.4, -0.2) is 29.3 Å². The zero-order valence-corrected chi connectivity index (χ0v) is 20.6. The maximum Gasteiger partial charge on any atom is 0.243 e. The van der Waals surface area contributed by atoms with E-state index in [4.69, 9.17) is 0 Å². The van der Waals surface area contributed by atoms with Crippen molar-refractivity contribution in [2.75, 3.05) is 6.54 Å². The van der Waals surface area contributed by atoms with Crippen molar-refractivity contribution in [3.05, 3.63) is 107 Å². The number of hydrogen-bond acceptors (Lipinski definition) is 2. The minimum absolute atomic E-state index is 0.0438. The second-order valence-electron chi connectivity index (χ2n) is 9.02. The molecule has 0 heterocycles. The minimum atomic E-state index is -0.585. The van der Waals surface area contributed by atoms with E-state index in [2.05, 4.69) is 12.2 Å². The van der Waals surface area contributed by atoms with E-state index in [-0.39, 0.29) is 18.2 Å². The molecule has 1 N–H and O–H groups in total. The molecule has 4 nitrogen and oxygen atoms in total. The van der Waals surface area contributed by atoms with Crippen LogP contribution in [0.2, 0.25) is 0 Å². The number of amides is 2. The number of nitrogens with zero attached hydrogens (tertiary/aromatic N) is 1. The van der Waals surface area contributed by atoms with Crippen molar-refractivity contribution < 1.29 is 9.59 Å². The average Bonchev–Trinajstić information content (AvgIpc) is 2.83. The summed E-state index contributed by atoms with van der Waals surface area (Å²) in [4.78, 5) is 28.9. The van der Waals surface area contributed by atoms with E-state index < -0.39 is 6.04 Å². The standard InChI is InChI=1S/C30H36N2O2/c1-4-5-18-31-30(34)28(20-25-11-7-6-8-12-25)32(22-26-16-14-23(2)15-17-26)29(33)21-27-13-9-10-24(3)19-27/h6-17,19,28H,4-5,18,20-22H2,1-3H3,(H,31,34)/t28-/m1/s1. The third-order valence-electron chi connectivity index (χ3n) is 6.01. The fraction of sp³-hybridized carbons (Fsp3) is 0.333. The number of carbonyl (C=O) groups is 2. The van der Waals surface area contributed by atoms with Gasteiger partial charge >= 0.3 is 0 Å². The smallest absolute Gasteiger partial charge is 0.243 e. The van der Waals surface area contributed by atoms with Crippen LogP contribution in [0.4, 0.5) is 0 Å². The van der Waals surface area contributed by atoms with Crippen LogP contribution in [0.25, 0.3) is 0 Å². The van der Waals surface area contributed by atoms with Crippen molar-refractivity contribution in [1.29, 1.82) is 0 Å². The van der Waals surface area contributed by atoms with Gasteiger partial charge in [-0.25, -0.2) is 0 Å². The van der Waals surface area contributed by atoms with Crippen LogP contribution >= 0.6 is 0 Å². The molecule has 0 saturated carbocycles. The monoisotopic (exact) mass is 456 g/mol. The number of carbonyl (C=O) groups excluding carboxylic acids is 2. The molecule has 4 heteroatoms. The third kappa shape index (κ3) is 7.58. The molecule has 3 rings (SSSR count). The molecule has 0 saturated heterocycles. The first kappa shape index (κ1) is 25.2. The van der Waals surface area contributed by atoms with Crippen molar-refractivity contribution in [3.8, 4) is 0 Å². The van der Waals surface area contributed by atoms with Crippen LogP contribution in [-0.2, 0) is 29.0 Å². The third-order valence-corrected chi connectivity index (χ3v) is 6.01. The molecule has 1 atom stereocenters. The molecule has 0 aliphatic heterocycles. The highest BCUT2D eigenvalue weighted by atomic mass is 16.2. The fourth-order valence-corrected chi connectivity index (χ4v) is 4.05. The van der Waals surface area contributed by atoms with Crippen molar-refractivity contribution in [2.24, 2.45) is 0 Å². The lowest BCUT2D eigenvalue weighted by molar-refractivity contribution is -0.140. The Balaban J connectivity index is 1.93. The van der Waals surface area contributed by atoms with Crippen molar-refractivity contribution in [3.63, 3.8) is 0 Å². The van der Waals surface area contributed by atoms with E-state index in [1.807, 2.05) is 92.7 Å².